The zero-order chi connectivity index (χ0) is 26.8. The Hall–Kier alpha value is -3.41. The van der Waals surface area contributed by atoms with Crippen molar-refractivity contribution in [2.24, 2.45) is 0 Å². The SMILES string of the molecule is CCCc1cnc(N2CCC(Oc3ccn(-c4ccc(S(C)(=O)=O)c(C(F)(F)F)c4)c(=O)c3)CC2)nc1. The smallest absolute Gasteiger partial charge is 0.417 e. The summed E-state index contributed by atoms with van der Waals surface area (Å²) in [5.41, 5.74) is -0.930. The van der Waals surface area contributed by atoms with Crippen molar-refractivity contribution in [3.63, 3.8) is 0 Å². The molecule has 1 saturated heterocycles. The van der Waals surface area contributed by atoms with Crippen molar-refractivity contribution in [1.29, 1.82) is 0 Å². The van der Waals surface area contributed by atoms with Crippen LogP contribution in [-0.4, -0.2) is 48.4 Å². The van der Waals surface area contributed by atoms with E-state index in [9.17, 15) is 26.4 Å². The van der Waals surface area contributed by atoms with E-state index in [-0.39, 0.29) is 11.8 Å². The fourth-order valence-corrected chi connectivity index (χ4v) is 5.14. The first-order chi connectivity index (χ1) is 17.5. The highest BCUT2D eigenvalue weighted by Crippen LogP contribution is 2.35. The standard InChI is InChI=1S/C25H27F3N4O4S/c1-3-4-17-15-29-24(30-16-17)31-10-7-19(8-11-31)36-20-9-12-32(23(33)14-20)18-5-6-22(37(2,34)35)21(13-18)25(26,27)28/h5-6,9,12-16,19H,3-4,7-8,10-11H2,1-2H3. The topological polar surface area (TPSA) is 94.4 Å². The number of benzene rings is 1. The number of anilines is 1. The van der Waals surface area contributed by atoms with Gasteiger partial charge >= 0.3 is 6.18 Å². The lowest BCUT2D eigenvalue weighted by Gasteiger charge is -2.32. The number of ether oxygens (including phenoxy) is 1. The highest BCUT2D eigenvalue weighted by Gasteiger charge is 2.36. The molecule has 0 amide bonds. The number of halogens is 3. The van der Waals surface area contributed by atoms with Gasteiger partial charge in [-0.1, -0.05) is 13.3 Å². The number of alkyl halides is 3. The van der Waals surface area contributed by atoms with E-state index in [1.807, 2.05) is 12.4 Å². The normalized spacial score (nSPS) is 15.1. The van der Waals surface area contributed by atoms with Crippen LogP contribution in [0.25, 0.3) is 5.69 Å². The van der Waals surface area contributed by atoms with Gasteiger partial charge in [-0.25, -0.2) is 18.4 Å². The molecular weight excluding hydrogens is 509 g/mol. The highest BCUT2D eigenvalue weighted by atomic mass is 32.2. The summed E-state index contributed by atoms with van der Waals surface area (Å²) in [6.45, 7) is 3.46. The first kappa shape index (κ1) is 26.6. The Kier molecular flexibility index (Phi) is 7.58. The number of rotatable bonds is 7. The van der Waals surface area contributed by atoms with Crippen molar-refractivity contribution in [1.82, 2.24) is 14.5 Å². The van der Waals surface area contributed by atoms with E-state index >= 15 is 0 Å². The average molecular weight is 537 g/mol. The summed E-state index contributed by atoms with van der Waals surface area (Å²) < 4.78 is 71.1. The molecule has 0 spiro atoms. The second-order valence-corrected chi connectivity index (χ2v) is 11.0. The molecule has 4 rings (SSSR count). The zero-order valence-electron chi connectivity index (χ0n) is 20.4. The summed E-state index contributed by atoms with van der Waals surface area (Å²) in [5, 5.41) is 0. The minimum Gasteiger partial charge on any atom is -0.490 e. The lowest BCUT2D eigenvalue weighted by Crippen LogP contribution is -2.39. The molecule has 3 heterocycles. The first-order valence-electron chi connectivity index (χ1n) is 11.8. The number of piperidine rings is 1. The molecular formula is C25H27F3N4O4S. The second-order valence-electron chi connectivity index (χ2n) is 8.97. The predicted octanol–water partition coefficient (Wildman–Crippen LogP) is 4.05. The minimum absolute atomic E-state index is 0.102. The molecule has 0 aliphatic carbocycles. The molecule has 0 unspecified atom stereocenters. The Morgan fingerprint density at radius 1 is 1.08 bits per heavy atom. The van der Waals surface area contributed by atoms with E-state index < -0.39 is 32.0 Å². The number of hydrogen-bond donors (Lipinski definition) is 0. The number of aryl methyl sites for hydroxylation is 1. The molecule has 0 radical (unpaired) electrons. The van der Waals surface area contributed by atoms with Gasteiger partial charge in [-0.3, -0.25) is 9.36 Å². The van der Waals surface area contributed by atoms with Crippen LogP contribution in [-0.2, 0) is 22.4 Å². The average Bonchev–Trinajstić information content (AvgIpc) is 2.84. The van der Waals surface area contributed by atoms with Crippen molar-refractivity contribution in [3.8, 4) is 11.4 Å². The van der Waals surface area contributed by atoms with Crippen LogP contribution in [0.2, 0.25) is 0 Å². The van der Waals surface area contributed by atoms with Crippen LogP contribution < -0.4 is 15.2 Å². The van der Waals surface area contributed by atoms with Crippen LogP contribution >= 0.6 is 0 Å². The molecule has 8 nitrogen and oxygen atoms in total. The lowest BCUT2D eigenvalue weighted by molar-refractivity contribution is -0.139. The third-order valence-electron chi connectivity index (χ3n) is 6.10. The summed E-state index contributed by atoms with van der Waals surface area (Å²) in [6.07, 6.45) is 3.99. The fraction of sp³-hybridized carbons (Fsp3) is 0.400. The predicted molar refractivity (Wildman–Crippen MR) is 132 cm³/mol. The molecule has 3 aromatic rings. The largest absolute Gasteiger partial charge is 0.490 e. The van der Waals surface area contributed by atoms with Crippen molar-refractivity contribution >= 4 is 15.8 Å². The first-order valence-corrected chi connectivity index (χ1v) is 13.7. The molecule has 1 aliphatic rings. The Morgan fingerprint density at radius 2 is 1.76 bits per heavy atom. The van der Waals surface area contributed by atoms with Gasteiger partial charge < -0.3 is 9.64 Å². The van der Waals surface area contributed by atoms with Crippen LogP contribution in [0.5, 0.6) is 5.75 Å². The van der Waals surface area contributed by atoms with Crippen molar-refractivity contribution in [2.75, 3.05) is 24.2 Å². The summed E-state index contributed by atoms with van der Waals surface area (Å²) in [4.78, 5) is 22.8. The molecule has 0 N–H and O–H groups in total. The maximum Gasteiger partial charge on any atom is 0.417 e. The Morgan fingerprint density at radius 3 is 2.32 bits per heavy atom. The maximum absolute atomic E-state index is 13.5. The molecule has 0 saturated carbocycles. The highest BCUT2D eigenvalue weighted by molar-refractivity contribution is 7.90. The van der Waals surface area contributed by atoms with Gasteiger partial charge in [0, 0.05) is 62.5 Å². The van der Waals surface area contributed by atoms with E-state index in [0.717, 1.165) is 29.0 Å². The fourth-order valence-electron chi connectivity index (χ4n) is 4.26. The third-order valence-corrected chi connectivity index (χ3v) is 7.25. The van der Waals surface area contributed by atoms with Gasteiger partial charge in [0.1, 0.15) is 11.9 Å². The molecule has 1 aliphatic heterocycles. The summed E-state index contributed by atoms with van der Waals surface area (Å²) in [7, 11) is -4.11. The number of aromatic nitrogens is 3. The summed E-state index contributed by atoms with van der Waals surface area (Å²) in [5.74, 6) is 0.977. The van der Waals surface area contributed by atoms with Gasteiger partial charge in [-0.15, -0.1) is 0 Å². The van der Waals surface area contributed by atoms with Crippen molar-refractivity contribution < 1.29 is 26.3 Å². The van der Waals surface area contributed by atoms with Gasteiger partial charge in [0.25, 0.3) is 5.56 Å². The molecule has 0 atom stereocenters. The van der Waals surface area contributed by atoms with Crippen LogP contribution in [0.3, 0.4) is 0 Å². The van der Waals surface area contributed by atoms with E-state index in [1.165, 1.54) is 24.4 Å². The number of pyridine rings is 1. The van der Waals surface area contributed by atoms with Gasteiger partial charge in [-0.05, 0) is 36.2 Å². The molecule has 37 heavy (non-hydrogen) atoms. The second kappa shape index (κ2) is 10.5. The number of hydrogen-bond acceptors (Lipinski definition) is 7. The Balaban J connectivity index is 1.45. The van der Waals surface area contributed by atoms with Crippen LogP contribution in [0, 0.1) is 0 Å². The van der Waals surface area contributed by atoms with E-state index in [0.29, 0.717) is 50.0 Å². The number of sulfone groups is 1. The molecule has 1 aromatic carbocycles. The Labute approximate surface area is 212 Å². The van der Waals surface area contributed by atoms with Gasteiger partial charge in [0.2, 0.25) is 5.95 Å². The molecule has 12 heteroatoms. The molecule has 0 bridgehead atoms. The molecule has 198 valence electrons. The monoisotopic (exact) mass is 536 g/mol. The van der Waals surface area contributed by atoms with Gasteiger partial charge in [-0.2, -0.15) is 13.2 Å². The van der Waals surface area contributed by atoms with Crippen molar-refractivity contribution in [2.45, 2.75) is 49.8 Å². The van der Waals surface area contributed by atoms with E-state index in [4.69, 9.17) is 4.74 Å². The van der Waals surface area contributed by atoms with Gasteiger partial charge in [0.05, 0.1) is 10.5 Å². The number of nitrogens with zero attached hydrogens (tertiary/aromatic N) is 4. The van der Waals surface area contributed by atoms with Crippen molar-refractivity contribution in [3.05, 3.63) is 70.4 Å². The zero-order valence-corrected chi connectivity index (χ0v) is 21.2. The van der Waals surface area contributed by atoms with Crippen LogP contribution in [0.15, 0.2) is 58.6 Å². The van der Waals surface area contributed by atoms with Crippen LogP contribution in [0.4, 0.5) is 19.1 Å². The summed E-state index contributed by atoms with van der Waals surface area (Å²) in [6, 6.07) is 5.39. The van der Waals surface area contributed by atoms with Crippen LogP contribution in [0.1, 0.15) is 37.3 Å². The van der Waals surface area contributed by atoms with E-state index in [2.05, 4.69) is 21.8 Å². The quantitative estimate of drug-likeness (QED) is 0.450. The van der Waals surface area contributed by atoms with E-state index in [1.54, 1.807) is 0 Å². The lowest BCUT2D eigenvalue weighted by atomic mass is 10.1. The maximum atomic E-state index is 13.5. The molecule has 1 fully saturated rings. The summed E-state index contributed by atoms with van der Waals surface area (Å²) >= 11 is 0. The third kappa shape index (κ3) is 6.30. The minimum atomic E-state index is -4.90. The Bertz CT molecular complexity index is 1420. The molecule has 2 aromatic heterocycles. The van der Waals surface area contributed by atoms with Gasteiger partial charge in [0.15, 0.2) is 9.84 Å².